The summed E-state index contributed by atoms with van der Waals surface area (Å²) in [6, 6.07) is 9.54. The topological polar surface area (TPSA) is 69.3 Å². The summed E-state index contributed by atoms with van der Waals surface area (Å²) in [6.07, 6.45) is 0. The van der Waals surface area contributed by atoms with Crippen molar-refractivity contribution in [2.45, 2.75) is 5.75 Å². The van der Waals surface area contributed by atoms with E-state index < -0.39 is 11.4 Å². The molecule has 1 aromatic carbocycles. The zero-order chi connectivity index (χ0) is 9.40. The lowest BCUT2D eigenvalue weighted by Crippen LogP contribution is -2.14. The normalized spacial score (nSPS) is 11.3. The molecular formula is C8H13NO2S. The third-order valence-corrected chi connectivity index (χ3v) is 1.77. The average Bonchev–Trinajstić information content (AvgIpc) is 2.08. The highest BCUT2D eigenvalue weighted by atomic mass is 32.2. The summed E-state index contributed by atoms with van der Waals surface area (Å²) in [6.45, 7) is 0. The second-order valence-electron chi connectivity index (χ2n) is 2.01. The quantitative estimate of drug-likeness (QED) is 0.659. The fourth-order valence-electron chi connectivity index (χ4n) is 0.739. The number of hydrogen-bond donors (Lipinski definition) is 2. The summed E-state index contributed by atoms with van der Waals surface area (Å²) in [4.78, 5) is 0. The minimum atomic E-state index is -1.22. The van der Waals surface area contributed by atoms with E-state index >= 15 is 0 Å². The van der Waals surface area contributed by atoms with Crippen molar-refractivity contribution in [3.63, 3.8) is 0 Å². The van der Waals surface area contributed by atoms with E-state index in [0.717, 1.165) is 12.7 Å². The minimum Gasteiger partial charge on any atom is -0.598 e. The summed E-state index contributed by atoms with van der Waals surface area (Å²) >= 11 is -1.22. The van der Waals surface area contributed by atoms with Crippen molar-refractivity contribution >= 4 is 11.4 Å². The number of nitrogens with two attached hydrogens (primary N) is 1. The Morgan fingerprint density at radius 1 is 1.33 bits per heavy atom. The van der Waals surface area contributed by atoms with Gasteiger partial charge in [-0.15, -0.1) is 0 Å². The Labute approximate surface area is 75.5 Å². The lowest BCUT2D eigenvalue weighted by atomic mass is 10.2. The van der Waals surface area contributed by atoms with Gasteiger partial charge in [0.1, 0.15) is 5.75 Å². The molecule has 0 aliphatic heterocycles. The first kappa shape index (κ1) is 11.4. The van der Waals surface area contributed by atoms with Gasteiger partial charge in [-0.1, -0.05) is 30.3 Å². The number of aliphatic hydroxyl groups is 1. The predicted molar refractivity (Wildman–Crippen MR) is 50.6 cm³/mol. The van der Waals surface area contributed by atoms with Gasteiger partial charge in [-0.2, -0.15) is 5.14 Å². The molecule has 0 aliphatic carbocycles. The summed E-state index contributed by atoms with van der Waals surface area (Å²) < 4.78 is 10.5. The molecule has 3 nitrogen and oxygen atoms in total. The third kappa shape index (κ3) is 5.15. The van der Waals surface area contributed by atoms with Crippen molar-refractivity contribution in [2.24, 2.45) is 5.14 Å². The van der Waals surface area contributed by atoms with Crippen molar-refractivity contribution in [1.29, 1.82) is 0 Å². The summed E-state index contributed by atoms with van der Waals surface area (Å²) in [7, 11) is 1.00. The molecule has 0 aromatic heterocycles. The molecule has 0 aliphatic rings. The highest BCUT2D eigenvalue weighted by molar-refractivity contribution is 7.88. The second-order valence-corrected chi connectivity index (χ2v) is 3.06. The maximum atomic E-state index is 10.5. The van der Waals surface area contributed by atoms with Gasteiger partial charge >= 0.3 is 0 Å². The van der Waals surface area contributed by atoms with Crippen molar-refractivity contribution in [1.82, 2.24) is 0 Å². The molecule has 1 rings (SSSR count). The summed E-state index contributed by atoms with van der Waals surface area (Å²) in [5, 5.41) is 12.1. The Kier molecular flexibility index (Phi) is 6.79. The summed E-state index contributed by atoms with van der Waals surface area (Å²) in [5.74, 6) is 0.445. The van der Waals surface area contributed by atoms with Crippen LogP contribution in [0.1, 0.15) is 5.56 Å². The largest absolute Gasteiger partial charge is 0.598 e. The van der Waals surface area contributed by atoms with E-state index in [4.69, 9.17) is 10.2 Å². The molecule has 1 aromatic rings. The fourth-order valence-corrected chi connectivity index (χ4v) is 1.26. The van der Waals surface area contributed by atoms with Crippen molar-refractivity contribution in [3.05, 3.63) is 35.9 Å². The van der Waals surface area contributed by atoms with Crippen molar-refractivity contribution in [3.8, 4) is 0 Å². The first-order chi connectivity index (χ1) is 5.79. The highest BCUT2D eigenvalue weighted by Crippen LogP contribution is 2.01. The minimum absolute atomic E-state index is 0.445. The van der Waals surface area contributed by atoms with E-state index in [1.165, 1.54) is 0 Å². The van der Waals surface area contributed by atoms with Crippen LogP contribution in [0.3, 0.4) is 0 Å². The number of benzene rings is 1. The molecule has 4 heteroatoms. The maximum Gasteiger partial charge on any atom is 0.150 e. The molecule has 68 valence electrons. The van der Waals surface area contributed by atoms with Gasteiger partial charge in [-0.3, -0.25) is 0 Å². The standard InChI is InChI=1S/C7H9NOS.CH4O/c8-10(9)6-7-4-2-1-3-5-7;1-2/h1-5H,6,8H2;2H,1H3. The predicted octanol–water partition coefficient (Wildman–Crippen LogP) is 0.417. The fraction of sp³-hybridized carbons (Fsp3) is 0.250. The highest BCUT2D eigenvalue weighted by Gasteiger charge is 1.98. The zero-order valence-corrected chi connectivity index (χ0v) is 7.75. The smallest absolute Gasteiger partial charge is 0.150 e. The van der Waals surface area contributed by atoms with E-state index in [-0.39, 0.29) is 0 Å². The van der Waals surface area contributed by atoms with Crippen LogP contribution in [0.15, 0.2) is 30.3 Å². The monoisotopic (exact) mass is 187 g/mol. The van der Waals surface area contributed by atoms with Crippen LogP contribution in [0.4, 0.5) is 0 Å². The Hall–Kier alpha value is -0.550. The molecular weight excluding hydrogens is 174 g/mol. The van der Waals surface area contributed by atoms with Crippen LogP contribution in [0.2, 0.25) is 0 Å². The first-order valence-electron chi connectivity index (χ1n) is 3.40. The third-order valence-electron chi connectivity index (χ3n) is 1.15. The SMILES string of the molecule is CO.N[S+]([O-])Cc1ccccc1. The van der Waals surface area contributed by atoms with Crippen molar-refractivity contribution < 1.29 is 9.66 Å². The van der Waals surface area contributed by atoms with Crippen molar-refractivity contribution in [2.75, 3.05) is 7.11 Å². The Balaban J connectivity index is 0.000000561. The van der Waals surface area contributed by atoms with Gasteiger partial charge in [0.05, 0.1) is 0 Å². The molecule has 0 bridgehead atoms. The number of hydrogen-bond acceptors (Lipinski definition) is 3. The van der Waals surface area contributed by atoms with Crippen LogP contribution in [0.25, 0.3) is 0 Å². The van der Waals surface area contributed by atoms with E-state index in [1.54, 1.807) is 0 Å². The van der Waals surface area contributed by atoms with Gasteiger partial charge < -0.3 is 9.66 Å². The van der Waals surface area contributed by atoms with Crippen LogP contribution in [-0.2, 0) is 17.1 Å². The van der Waals surface area contributed by atoms with Crippen LogP contribution >= 0.6 is 0 Å². The van der Waals surface area contributed by atoms with E-state index in [0.29, 0.717) is 5.75 Å². The molecule has 0 saturated heterocycles. The second kappa shape index (κ2) is 7.12. The maximum absolute atomic E-state index is 10.5. The Morgan fingerprint density at radius 2 is 1.83 bits per heavy atom. The molecule has 0 radical (unpaired) electrons. The lowest BCUT2D eigenvalue weighted by Gasteiger charge is -2.01. The number of rotatable bonds is 2. The molecule has 3 N–H and O–H groups in total. The molecule has 1 atom stereocenters. The van der Waals surface area contributed by atoms with Gasteiger partial charge in [0.25, 0.3) is 0 Å². The molecule has 0 saturated carbocycles. The van der Waals surface area contributed by atoms with Gasteiger partial charge in [-0.25, -0.2) is 0 Å². The Bertz CT molecular complexity index is 192. The van der Waals surface area contributed by atoms with E-state index in [2.05, 4.69) is 0 Å². The van der Waals surface area contributed by atoms with Crippen LogP contribution in [0, 0.1) is 0 Å². The van der Waals surface area contributed by atoms with E-state index in [1.807, 2.05) is 30.3 Å². The van der Waals surface area contributed by atoms with Gasteiger partial charge in [0.2, 0.25) is 0 Å². The van der Waals surface area contributed by atoms with Crippen LogP contribution in [-0.4, -0.2) is 16.8 Å². The van der Waals surface area contributed by atoms with Gasteiger partial charge in [0, 0.05) is 24.0 Å². The molecule has 0 spiro atoms. The Morgan fingerprint density at radius 3 is 2.25 bits per heavy atom. The zero-order valence-electron chi connectivity index (χ0n) is 6.93. The lowest BCUT2D eigenvalue weighted by molar-refractivity contribution is 0.399. The van der Waals surface area contributed by atoms with Crippen LogP contribution in [0.5, 0.6) is 0 Å². The molecule has 0 amide bonds. The summed E-state index contributed by atoms with van der Waals surface area (Å²) in [5.41, 5.74) is 1.02. The van der Waals surface area contributed by atoms with E-state index in [9.17, 15) is 4.55 Å². The first-order valence-corrected chi connectivity index (χ1v) is 4.78. The average molecular weight is 187 g/mol. The molecule has 0 fully saturated rings. The number of aliphatic hydroxyl groups excluding tert-OH is 1. The molecule has 0 heterocycles. The van der Waals surface area contributed by atoms with Gasteiger partial charge in [-0.05, 0) is 0 Å². The molecule has 12 heavy (non-hydrogen) atoms. The van der Waals surface area contributed by atoms with Gasteiger partial charge in [0.15, 0.2) is 0 Å². The molecule has 1 unspecified atom stereocenters. The van der Waals surface area contributed by atoms with Crippen LogP contribution < -0.4 is 5.14 Å².